The van der Waals surface area contributed by atoms with Gasteiger partial charge in [-0.2, -0.15) is 0 Å². The summed E-state index contributed by atoms with van der Waals surface area (Å²) in [6.45, 7) is 3.52. The maximum atomic E-state index is 5.87. The van der Waals surface area contributed by atoms with Crippen molar-refractivity contribution in [3.63, 3.8) is 0 Å². The highest BCUT2D eigenvalue weighted by atomic mass is 32.1. The average Bonchev–Trinajstić information content (AvgIpc) is 3.00. The number of thiazole rings is 1. The number of nitrogens with zero attached hydrogens (tertiary/aromatic N) is 3. The summed E-state index contributed by atoms with van der Waals surface area (Å²) in [5.74, 6) is 0.880. The summed E-state index contributed by atoms with van der Waals surface area (Å²) >= 11 is 1.70. The van der Waals surface area contributed by atoms with Crippen LogP contribution in [0.1, 0.15) is 16.7 Å². The largest absolute Gasteiger partial charge is 0.373 e. The lowest BCUT2D eigenvalue weighted by Crippen LogP contribution is -2.37. The summed E-state index contributed by atoms with van der Waals surface area (Å²) in [7, 11) is 1.88. The molecule has 1 aliphatic heterocycles. The Hall–Kier alpha value is -1.50. The van der Waals surface area contributed by atoms with Crippen molar-refractivity contribution >= 4 is 17.2 Å². The number of hydrogen-bond donors (Lipinski definition) is 1. The molecule has 2 aromatic heterocycles. The summed E-state index contributed by atoms with van der Waals surface area (Å²) in [6, 6.07) is 6.00. The second-order valence-corrected chi connectivity index (χ2v) is 5.73. The van der Waals surface area contributed by atoms with Gasteiger partial charge in [0.25, 0.3) is 0 Å². The molecule has 0 saturated carbocycles. The molecule has 1 atom stereocenters. The van der Waals surface area contributed by atoms with Crippen LogP contribution in [-0.2, 0) is 11.3 Å². The molecule has 0 unspecified atom stereocenters. The Morgan fingerprint density at radius 2 is 2.45 bits per heavy atom. The number of anilines is 1. The van der Waals surface area contributed by atoms with E-state index in [2.05, 4.69) is 20.2 Å². The van der Waals surface area contributed by atoms with Gasteiger partial charge in [0.1, 0.15) is 11.9 Å². The molecule has 5 nitrogen and oxygen atoms in total. The van der Waals surface area contributed by atoms with Crippen molar-refractivity contribution < 1.29 is 4.74 Å². The molecule has 3 heterocycles. The van der Waals surface area contributed by atoms with Crippen molar-refractivity contribution in [1.29, 1.82) is 0 Å². The summed E-state index contributed by atoms with van der Waals surface area (Å²) in [6.07, 6.45) is 1.99. The maximum Gasteiger partial charge on any atom is 0.126 e. The van der Waals surface area contributed by atoms with Gasteiger partial charge in [0.05, 0.1) is 17.8 Å². The van der Waals surface area contributed by atoms with Gasteiger partial charge in [-0.1, -0.05) is 6.07 Å². The summed E-state index contributed by atoms with van der Waals surface area (Å²) < 4.78 is 5.87. The second kappa shape index (κ2) is 6.30. The maximum absolute atomic E-state index is 5.87. The minimum absolute atomic E-state index is 0.0463. The quantitative estimate of drug-likeness (QED) is 0.935. The number of ether oxygens (including phenoxy) is 1. The summed E-state index contributed by atoms with van der Waals surface area (Å²) in [4.78, 5) is 12.4. The molecule has 0 amide bonds. The summed E-state index contributed by atoms with van der Waals surface area (Å²) in [5, 5.41) is 3.07. The lowest BCUT2D eigenvalue weighted by Gasteiger charge is -2.32. The zero-order valence-corrected chi connectivity index (χ0v) is 12.3. The van der Waals surface area contributed by atoms with Gasteiger partial charge in [0.2, 0.25) is 0 Å². The number of morpholine rings is 1. The Kier molecular flexibility index (Phi) is 4.25. The Morgan fingerprint density at radius 1 is 1.50 bits per heavy atom. The van der Waals surface area contributed by atoms with Crippen LogP contribution in [0.2, 0.25) is 0 Å². The first kappa shape index (κ1) is 13.5. The molecule has 1 saturated heterocycles. The van der Waals surface area contributed by atoms with E-state index in [9.17, 15) is 0 Å². The third-order valence-corrected chi connectivity index (χ3v) is 4.13. The van der Waals surface area contributed by atoms with Crippen LogP contribution in [0.3, 0.4) is 0 Å². The van der Waals surface area contributed by atoms with Crippen LogP contribution in [0.5, 0.6) is 0 Å². The molecule has 20 heavy (non-hydrogen) atoms. The van der Waals surface area contributed by atoms with Gasteiger partial charge < -0.3 is 10.1 Å². The van der Waals surface area contributed by atoms with Gasteiger partial charge in [-0.3, -0.25) is 9.88 Å². The molecule has 1 fully saturated rings. The fraction of sp³-hybridized carbons (Fsp3) is 0.429. The summed E-state index contributed by atoms with van der Waals surface area (Å²) in [5.41, 5.74) is 2.87. The molecule has 0 aliphatic carbocycles. The van der Waals surface area contributed by atoms with E-state index in [0.29, 0.717) is 0 Å². The molecule has 0 radical (unpaired) electrons. The Morgan fingerprint density at radius 3 is 3.25 bits per heavy atom. The van der Waals surface area contributed by atoms with Crippen LogP contribution in [0.25, 0.3) is 0 Å². The van der Waals surface area contributed by atoms with Crippen LogP contribution < -0.4 is 5.32 Å². The molecular weight excluding hydrogens is 272 g/mol. The topological polar surface area (TPSA) is 50.3 Å². The first-order valence-electron chi connectivity index (χ1n) is 6.71. The average molecular weight is 290 g/mol. The molecule has 106 valence electrons. The molecule has 2 aromatic rings. The highest BCUT2D eigenvalue weighted by Crippen LogP contribution is 2.23. The third kappa shape index (κ3) is 3.15. The third-order valence-electron chi connectivity index (χ3n) is 3.37. The number of pyridine rings is 1. The van der Waals surface area contributed by atoms with E-state index in [0.717, 1.165) is 37.8 Å². The Bertz CT molecular complexity index is 546. The van der Waals surface area contributed by atoms with Gasteiger partial charge in [-0.05, 0) is 12.1 Å². The fourth-order valence-corrected chi connectivity index (χ4v) is 2.97. The van der Waals surface area contributed by atoms with Gasteiger partial charge in [-0.15, -0.1) is 11.3 Å². The van der Waals surface area contributed by atoms with Crippen LogP contribution >= 0.6 is 11.3 Å². The predicted molar refractivity (Wildman–Crippen MR) is 79.9 cm³/mol. The zero-order valence-electron chi connectivity index (χ0n) is 11.5. The number of rotatable bonds is 4. The first-order valence-corrected chi connectivity index (χ1v) is 7.59. The molecule has 0 spiro atoms. The highest BCUT2D eigenvalue weighted by molar-refractivity contribution is 7.09. The van der Waals surface area contributed by atoms with Crippen molar-refractivity contribution in [3.05, 3.63) is 40.5 Å². The normalized spacial score (nSPS) is 19.9. The molecule has 3 rings (SSSR count). The molecular formula is C14H18N4OS. The van der Waals surface area contributed by atoms with Crippen molar-refractivity contribution in [3.8, 4) is 0 Å². The van der Waals surface area contributed by atoms with Gasteiger partial charge in [0, 0.05) is 37.8 Å². The SMILES string of the molecule is CNc1cccc([C@H]2CN(Cc3cncs3)CCO2)n1. The second-order valence-electron chi connectivity index (χ2n) is 4.76. The Balaban J connectivity index is 1.68. The van der Waals surface area contributed by atoms with E-state index in [1.807, 2.05) is 37.0 Å². The predicted octanol–water partition coefficient (Wildman–Crippen LogP) is 2.15. The number of aromatic nitrogens is 2. The van der Waals surface area contributed by atoms with E-state index >= 15 is 0 Å². The lowest BCUT2D eigenvalue weighted by atomic mass is 10.2. The van der Waals surface area contributed by atoms with Gasteiger partial charge in [0.15, 0.2) is 0 Å². The highest BCUT2D eigenvalue weighted by Gasteiger charge is 2.23. The van der Waals surface area contributed by atoms with Crippen LogP contribution in [-0.4, -0.2) is 41.6 Å². The Labute approximate surface area is 122 Å². The van der Waals surface area contributed by atoms with E-state index in [-0.39, 0.29) is 6.10 Å². The molecule has 0 bridgehead atoms. The van der Waals surface area contributed by atoms with E-state index in [1.165, 1.54) is 4.88 Å². The van der Waals surface area contributed by atoms with Crippen molar-refractivity contribution in [2.45, 2.75) is 12.6 Å². The first-order chi connectivity index (χ1) is 9.85. The van der Waals surface area contributed by atoms with Crippen LogP contribution in [0.15, 0.2) is 29.9 Å². The number of hydrogen-bond acceptors (Lipinski definition) is 6. The standard InChI is InChI=1S/C14H18N4OS/c1-15-14-4-2-3-12(17-14)13-9-18(5-6-19-13)8-11-7-16-10-20-11/h2-4,7,10,13H,5-6,8-9H2,1H3,(H,15,17)/t13-/m1/s1. The van der Waals surface area contributed by atoms with Crippen LogP contribution in [0.4, 0.5) is 5.82 Å². The van der Waals surface area contributed by atoms with Gasteiger partial charge in [-0.25, -0.2) is 4.98 Å². The number of nitrogens with one attached hydrogen (secondary N) is 1. The lowest BCUT2D eigenvalue weighted by molar-refractivity contribution is -0.0346. The smallest absolute Gasteiger partial charge is 0.126 e. The van der Waals surface area contributed by atoms with Gasteiger partial charge >= 0.3 is 0 Å². The van der Waals surface area contributed by atoms with E-state index in [1.54, 1.807) is 11.3 Å². The van der Waals surface area contributed by atoms with Crippen molar-refractivity contribution in [2.24, 2.45) is 0 Å². The van der Waals surface area contributed by atoms with E-state index in [4.69, 9.17) is 4.74 Å². The molecule has 6 heteroatoms. The minimum Gasteiger partial charge on any atom is -0.373 e. The zero-order chi connectivity index (χ0) is 13.8. The van der Waals surface area contributed by atoms with Crippen LogP contribution in [0, 0.1) is 0 Å². The van der Waals surface area contributed by atoms with E-state index < -0.39 is 0 Å². The monoisotopic (exact) mass is 290 g/mol. The van der Waals surface area contributed by atoms with Crippen molar-refractivity contribution in [2.75, 3.05) is 32.1 Å². The fourth-order valence-electron chi connectivity index (χ4n) is 2.34. The molecule has 1 N–H and O–H groups in total. The van der Waals surface area contributed by atoms with Crippen molar-refractivity contribution in [1.82, 2.24) is 14.9 Å². The molecule has 1 aliphatic rings. The molecule has 0 aromatic carbocycles. The minimum atomic E-state index is 0.0463.